The maximum absolute atomic E-state index is 13.6. The molecule has 2 unspecified atom stereocenters. The Morgan fingerprint density at radius 1 is 1.31 bits per heavy atom. The molecule has 35 heavy (non-hydrogen) atoms. The molecular formula is C23H36FN7O3S. The molecular weight excluding hydrogens is 473 g/mol. The summed E-state index contributed by atoms with van der Waals surface area (Å²) < 4.78 is 38.6. The Balaban J connectivity index is 1.54. The van der Waals surface area contributed by atoms with Gasteiger partial charge in [0.05, 0.1) is 23.2 Å². The number of fused-ring (bicyclic) bond motifs is 1. The first-order valence-corrected chi connectivity index (χ1v) is 14.2. The number of nitrogens with two attached hydrogens (primary N) is 1. The summed E-state index contributed by atoms with van der Waals surface area (Å²) in [4.78, 5) is 22.1. The van der Waals surface area contributed by atoms with E-state index in [2.05, 4.69) is 32.1 Å². The lowest BCUT2D eigenvalue weighted by Crippen LogP contribution is -2.62. The van der Waals surface area contributed by atoms with Crippen LogP contribution in [0.2, 0.25) is 0 Å². The first-order valence-electron chi connectivity index (χ1n) is 12.3. The third kappa shape index (κ3) is 5.29. The summed E-state index contributed by atoms with van der Waals surface area (Å²) >= 11 is 0. The van der Waals surface area contributed by atoms with Crippen LogP contribution in [0.3, 0.4) is 0 Å². The molecule has 2 fully saturated rings. The number of likely N-dealkylation sites (tertiary alicyclic amines) is 2. The van der Waals surface area contributed by atoms with Crippen molar-refractivity contribution in [2.45, 2.75) is 62.8 Å². The minimum Gasteiger partial charge on any atom is -0.381 e. The predicted octanol–water partition coefficient (Wildman–Crippen LogP) is 1.32. The standard InChI is InChI=1S/C23H36FN7O3S/c1-4-5-9-29-10-6-18(30-11-7-23(2,8-12-30)35(3,33)34)17(15-29)27-22(32)19-20(25)28-31-14-16(24)13-26-21(19)31/h13-14,17-18H,4-12,15H2,1-3H3,(H2,25,28)(H,27,32). The molecule has 3 N–H and O–H groups in total. The molecule has 0 bridgehead atoms. The van der Waals surface area contributed by atoms with Crippen LogP contribution in [0.4, 0.5) is 10.2 Å². The van der Waals surface area contributed by atoms with Gasteiger partial charge in [0, 0.05) is 31.9 Å². The van der Waals surface area contributed by atoms with E-state index in [-0.39, 0.29) is 35.0 Å². The molecule has 2 aliphatic heterocycles. The predicted molar refractivity (Wildman–Crippen MR) is 132 cm³/mol. The fraction of sp³-hybridized carbons (Fsp3) is 0.696. The number of sulfone groups is 1. The van der Waals surface area contributed by atoms with Crippen molar-refractivity contribution in [2.75, 3.05) is 44.7 Å². The lowest BCUT2D eigenvalue weighted by Gasteiger charge is -2.47. The number of nitrogens with zero attached hydrogens (tertiary/aromatic N) is 5. The van der Waals surface area contributed by atoms with E-state index >= 15 is 0 Å². The molecule has 0 aromatic carbocycles. The molecule has 2 atom stereocenters. The second kappa shape index (κ2) is 9.98. The highest BCUT2D eigenvalue weighted by atomic mass is 32.2. The average Bonchev–Trinajstić information content (AvgIpc) is 3.12. The Labute approximate surface area is 206 Å². The van der Waals surface area contributed by atoms with Crippen molar-refractivity contribution >= 4 is 27.2 Å². The third-order valence-electron chi connectivity index (χ3n) is 7.72. The van der Waals surface area contributed by atoms with Crippen LogP contribution in [0.15, 0.2) is 12.4 Å². The van der Waals surface area contributed by atoms with Crippen LogP contribution in [0, 0.1) is 5.82 Å². The summed E-state index contributed by atoms with van der Waals surface area (Å²) in [6.07, 6.45) is 7.68. The number of aromatic nitrogens is 3. The van der Waals surface area contributed by atoms with Gasteiger partial charge in [0.25, 0.3) is 5.91 Å². The summed E-state index contributed by atoms with van der Waals surface area (Å²) in [5, 5.41) is 7.21. The number of hydrogen-bond acceptors (Lipinski definition) is 8. The SMILES string of the molecule is CCCCN1CCC(N2CCC(C)(S(C)(=O)=O)CC2)C(NC(=O)c2c(N)nn3cc(F)cnc23)C1. The molecule has 0 saturated carbocycles. The quantitative estimate of drug-likeness (QED) is 0.572. The van der Waals surface area contributed by atoms with Crippen molar-refractivity contribution < 1.29 is 17.6 Å². The number of carbonyl (C=O) groups is 1. The van der Waals surface area contributed by atoms with Gasteiger partial charge in [0.1, 0.15) is 5.56 Å². The van der Waals surface area contributed by atoms with E-state index in [1.807, 2.05) is 6.92 Å². The fourth-order valence-electron chi connectivity index (χ4n) is 5.26. The van der Waals surface area contributed by atoms with Crippen LogP contribution >= 0.6 is 0 Å². The third-order valence-corrected chi connectivity index (χ3v) is 9.92. The molecule has 4 rings (SSSR count). The van der Waals surface area contributed by atoms with E-state index in [1.165, 1.54) is 10.8 Å². The topological polar surface area (TPSA) is 126 Å². The Kier molecular flexibility index (Phi) is 7.35. The number of piperidine rings is 2. The Morgan fingerprint density at radius 2 is 2.03 bits per heavy atom. The van der Waals surface area contributed by atoms with Gasteiger partial charge in [-0.2, -0.15) is 0 Å². The first kappa shape index (κ1) is 25.8. The number of unbranched alkanes of at least 4 members (excludes halogenated alkanes) is 1. The van der Waals surface area contributed by atoms with Gasteiger partial charge in [-0.25, -0.2) is 22.3 Å². The van der Waals surface area contributed by atoms with Crippen LogP contribution < -0.4 is 11.1 Å². The molecule has 12 heteroatoms. The van der Waals surface area contributed by atoms with Gasteiger partial charge in [-0.1, -0.05) is 13.3 Å². The lowest BCUT2D eigenvalue weighted by atomic mass is 9.91. The van der Waals surface area contributed by atoms with E-state index in [4.69, 9.17) is 5.73 Å². The number of rotatable bonds is 7. The van der Waals surface area contributed by atoms with E-state index in [9.17, 15) is 17.6 Å². The largest absolute Gasteiger partial charge is 0.381 e. The molecule has 2 aromatic heterocycles. The van der Waals surface area contributed by atoms with Crippen molar-refractivity contribution in [1.82, 2.24) is 29.7 Å². The highest BCUT2D eigenvalue weighted by Crippen LogP contribution is 2.32. The van der Waals surface area contributed by atoms with Gasteiger partial charge >= 0.3 is 0 Å². The van der Waals surface area contributed by atoms with Crippen LogP contribution in [-0.2, 0) is 9.84 Å². The number of halogens is 1. The van der Waals surface area contributed by atoms with Crippen molar-refractivity contribution in [3.05, 3.63) is 23.8 Å². The summed E-state index contributed by atoms with van der Waals surface area (Å²) in [6.45, 7) is 7.89. The van der Waals surface area contributed by atoms with Crippen molar-refractivity contribution in [2.24, 2.45) is 0 Å². The second-order valence-corrected chi connectivity index (χ2v) is 12.7. The number of amides is 1. The maximum Gasteiger partial charge on any atom is 0.259 e. The van der Waals surface area contributed by atoms with E-state index in [0.29, 0.717) is 32.5 Å². The first-order chi connectivity index (χ1) is 16.5. The summed E-state index contributed by atoms with van der Waals surface area (Å²) in [5.41, 5.74) is 6.36. The van der Waals surface area contributed by atoms with Crippen molar-refractivity contribution in [3.63, 3.8) is 0 Å². The molecule has 2 saturated heterocycles. The second-order valence-electron chi connectivity index (χ2n) is 10.1. The minimum atomic E-state index is -3.15. The number of hydrogen-bond donors (Lipinski definition) is 2. The summed E-state index contributed by atoms with van der Waals surface area (Å²) in [7, 11) is -3.15. The van der Waals surface area contributed by atoms with Gasteiger partial charge < -0.3 is 16.0 Å². The van der Waals surface area contributed by atoms with Crippen LogP contribution in [0.1, 0.15) is 56.3 Å². The molecule has 10 nitrogen and oxygen atoms in total. The molecule has 0 spiro atoms. The van der Waals surface area contributed by atoms with Crippen molar-refractivity contribution in [3.8, 4) is 0 Å². The fourth-order valence-corrected chi connectivity index (χ4v) is 6.18. The van der Waals surface area contributed by atoms with Crippen LogP contribution in [0.5, 0.6) is 0 Å². The van der Waals surface area contributed by atoms with E-state index in [0.717, 1.165) is 44.7 Å². The lowest BCUT2D eigenvalue weighted by molar-refractivity contribution is 0.0511. The highest BCUT2D eigenvalue weighted by molar-refractivity contribution is 7.92. The molecule has 2 aromatic rings. The monoisotopic (exact) mass is 509 g/mol. The Morgan fingerprint density at radius 3 is 2.69 bits per heavy atom. The van der Waals surface area contributed by atoms with Crippen molar-refractivity contribution in [1.29, 1.82) is 0 Å². The van der Waals surface area contributed by atoms with Crippen LogP contribution in [-0.4, -0.2) is 94.5 Å². The highest BCUT2D eigenvalue weighted by Gasteiger charge is 2.43. The molecule has 2 aliphatic rings. The molecule has 1 amide bonds. The molecule has 0 radical (unpaired) electrons. The number of carbonyl (C=O) groups excluding carboxylic acids is 1. The van der Waals surface area contributed by atoms with Gasteiger partial charge in [0.2, 0.25) is 0 Å². The van der Waals surface area contributed by atoms with E-state index in [1.54, 1.807) is 0 Å². The maximum atomic E-state index is 13.6. The zero-order valence-corrected chi connectivity index (χ0v) is 21.5. The van der Waals surface area contributed by atoms with Gasteiger partial charge in [-0.3, -0.25) is 9.69 Å². The Hall–Kier alpha value is -2.31. The zero-order valence-electron chi connectivity index (χ0n) is 20.7. The Bertz CT molecular complexity index is 1180. The molecule has 0 aliphatic carbocycles. The summed E-state index contributed by atoms with van der Waals surface area (Å²) in [6, 6.07) is -0.0973. The van der Waals surface area contributed by atoms with Gasteiger partial charge in [0.15, 0.2) is 27.1 Å². The number of nitrogen functional groups attached to an aromatic ring is 1. The van der Waals surface area contributed by atoms with Crippen LogP contribution in [0.25, 0.3) is 5.65 Å². The molecule has 4 heterocycles. The molecule has 194 valence electrons. The van der Waals surface area contributed by atoms with E-state index < -0.39 is 20.4 Å². The normalized spacial score (nSPS) is 24.0. The number of anilines is 1. The minimum absolute atomic E-state index is 0.00214. The summed E-state index contributed by atoms with van der Waals surface area (Å²) in [5.74, 6) is -0.961. The smallest absolute Gasteiger partial charge is 0.259 e. The average molecular weight is 510 g/mol. The number of nitrogens with one attached hydrogen (secondary N) is 1. The van der Waals surface area contributed by atoms with Gasteiger partial charge in [-0.15, -0.1) is 5.10 Å². The zero-order chi connectivity index (χ0) is 25.4. The van der Waals surface area contributed by atoms with Gasteiger partial charge in [-0.05, 0) is 45.7 Å².